The maximum absolute atomic E-state index is 12.5. The molecule has 1 N–H and O–H groups in total. The average Bonchev–Trinajstić information content (AvgIpc) is 3.40. The molecule has 0 saturated carbocycles. The molecule has 0 atom stereocenters. The number of carbonyl (C=O) groups excluding carboxylic acids is 1. The molecule has 0 aliphatic carbocycles. The minimum Gasteiger partial charge on any atom is -0.487 e. The lowest BCUT2D eigenvalue weighted by atomic mass is 10.1. The highest BCUT2D eigenvalue weighted by Crippen LogP contribution is 2.29. The Morgan fingerprint density at radius 2 is 1.90 bits per heavy atom. The first-order chi connectivity index (χ1) is 15.1. The van der Waals surface area contributed by atoms with Crippen molar-refractivity contribution < 1.29 is 14.2 Å². The topological polar surface area (TPSA) is 103 Å². The predicted molar refractivity (Wildman–Crippen MR) is 118 cm³/mol. The monoisotopic (exact) mass is 453 g/mol. The molecule has 4 aromatic rings. The van der Waals surface area contributed by atoms with Crippen molar-refractivity contribution in [2.75, 3.05) is 5.32 Å². The van der Waals surface area contributed by atoms with Gasteiger partial charge in [-0.3, -0.25) is 10.1 Å². The molecule has 2 aromatic carbocycles. The zero-order valence-electron chi connectivity index (χ0n) is 16.9. The number of ether oxygens (including phenoxy) is 1. The zero-order valence-corrected chi connectivity index (χ0v) is 18.5. The number of aryl methyl sites for hydroxylation is 2. The lowest BCUT2D eigenvalue weighted by Crippen LogP contribution is -2.11. The number of hydrogen-bond donors (Lipinski definition) is 1. The van der Waals surface area contributed by atoms with Crippen molar-refractivity contribution in [1.29, 1.82) is 0 Å². The van der Waals surface area contributed by atoms with E-state index < -0.39 is 0 Å². The van der Waals surface area contributed by atoms with Gasteiger partial charge in [-0.05, 0) is 49.2 Å². The number of aromatic nitrogens is 4. The van der Waals surface area contributed by atoms with Crippen molar-refractivity contribution in [2.24, 2.45) is 0 Å². The van der Waals surface area contributed by atoms with Crippen molar-refractivity contribution >= 4 is 34.1 Å². The summed E-state index contributed by atoms with van der Waals surface area (Å²) in [6, 6.07) is 15.1. The standard InChI is InChI=1S/C21H19N5O3S2/c1-13-5-3-4-6-16(13)12-30-21-24-23-20(31-21)22-19(27)15-7-9-17(10-8-15)28-11-18-14(2)25-29-26-18/h3-10H,11-12H2,1-2H3,(H,22,23,27). The number of carbonyl (C=O) groups is 1. The molecular weight excluding hydrogens is 434 g/mol. The molecular formula is C21H19N5O3S2. The van der Waals surface area contributed by atoms with Crippen LogP contribution < -0.4 is 10.1 Å². The SMILES string of the molecule is Cc1ccccc1CSc1nnc(NC(=O)c2ccc(OCc3nonc3C)cc2)s1. The molecule has 8 nitrogen and oxygen atoms in total. The molecule has 0 fully saturated rings. The summed E-state index contributed by atoms with van der Waals surface area (Å²) in [5, 5.41) is 19.0. The largest absolute Gasteiger partial charge is 0.487 e. The van der Waals surface area contributed by atoms with Crippen LogP contribution in [0.4, 0.5) is 5.13 Å². The quantitative estimate of drug-likeness (QED) is 0.303. The second kappa shape index (κ2) is 9.71. The Morgan fingerprint density at radius 3 is 2.65 bits per heavy atom. The van der Waals surface area contributed by atoms with E-state index >= 15 is 0 Å². The van der Waals surface area contributed by atoms with Gasteiger partial charge in [0.05, 0.1) is 0 Å². The fourth-order valence-corrected chi connectivity index (χ4v) is 4.46. The Balaban J connectivity index is 1.30. The Morgan fingerprint density at radius 1 is 1.10 bits per heavy atom. The van der Waals surface area contributed by atoms with E-state index in [1.54, 1.807) is 43.0 Å². The van der Waals surface area contributed by atoms with E-state index in [9.17, 15) is 4.79 Å². The van der Waals surface area contributed by atoms with Crippen LogP contribution in [0, 0.1) is 13.8 Å². The van der Waals surface area contributed by atoms with Gasteiger partial charge in [0.1, 0.15) is 23.7 Å². The Labute approximate surface area is 187 Å². The molecule has 10 heteroatoms. The number of rotatable bonds is 8. The van der Waals surface area contributed by atoms with Crippen molar-refractivity contribution in [3.63, 3.8) is 0 Å². The van der Waals surface area contributed by atoms with Gasteiger partial charge in [0.2, 0.25) is 5.13 Å². The minimum atomic E-state index is -0.255. The summed E-state index contributed by atoms with van der Waals surface area (Å²) < 4.78 is 11.1. The number of amides is 1. The number of nitrogens with one attached hydrogen (secondary N) is 1. The fourth-order valence-electron chi connectivity index (χ4n) is 2.63. The van der Waals surface area contributed by atoms with Crippen molar-refractivity contribution in [1.82, 2.24) is 20.5 Å². The van der Waals surface area contributed by atoms with Gasteiger partial charge in [0.25, 0.3) is 5.91 Å². The molecule has 2 aromatic heterocycles. The van der Waals surface area contributed by atoms with Crippen molar-refractivity contribution in [3.05, 3.63) is 76.6 Å². The normalized spacial score (nSPS) is 10.8. The average molecular weight is 454 g/mol. The highest BCUT2D eigenvalue weighted by atomic mass is 32.2. The van der Waals surface area contributed by atoms with E-state index in [2.05, 4.69) is 49.5 Å². The molecule has 0 spiro atoms. The first-order valence-corrected chi connectivity index (χ1v) is 11.2. The molecule has 31 heavy (non-hydrogen) atoms. The molecule has 158 valence electrons. The zero-order chi connectivity index (χ0) is 21.6. The van der Waals surface area contributed by atoms with Gasteiger partial charge in [-0.15, -0.1) is 10.2 Å². The summed E-state index contributed by atoms with van der Waals surface area (Å²) >= 11 is 2.95. The van der Waals surface area contributed by atoms with Crippen molar-refractivity contribution in [3.8, 4) is 5.75 Å². The first-order valence-electron chi connectivity index (χ1n) is 9.41. The molecule has 0 aliphatic rings. The van der Waals surface area contributed by atoms with Crippen LogP contribution >= 0.6 is 23.1 Å². The van der Waals surface area contributed by atoms with E-state index in [1.165, 1.54) is 22.5 Å². The lowest BCUT2D eigenvalue weighted by Gasteiger charge is -2.05. The van der Waals surface area contributed by atoms with Crippen LogP contribution in [0.2, 0.25) is 0 Å². The van der Waals surface area contributed by atoms with Crippen LogP contribution in [-0.4, -0.2) is 26.4 Å². The molecule has 0 bridgehead atoms. The third-order valence-corrected chi connectivity index (χ3v) is 6.50. The van der Waals surface area contributed by atoms with Crippen LogP contribution in [0.25, 0.3) is 0 Å². The second-order valence-electron chi connectivity index (χ2n) is 6.65. The maximum Gasteiger partial charge on any atom is 0.257 e. The first kappa shape index (κ1) is 21.0. The molecule has 0 unspecified atom stereocenters. The number of nitrogens with zero attached hydrogens (tertiary/aromatic N) is 4. The van der Waals surface area contributed by atoms with E-state index in [4.69, 9.17) is 4.74 Å². The maximum atomic E-state index is 12.5. The molecule has 1 amide bonds. The Bertz CT molecular complexity index is 1170. The van der Waals surface area contributed by atoms with Crippen LogP contribution in [-0.2, 0) is 12.4 Å². The second-order valence-corrected chi connectivity index (χ2v) is 8.85. The van der Waals surface area contributed by atoms with Crippen LogP contribution in [0.15, 0.2) is 57.5 Å². The summed E-state index contributed by atoms with van der Waals surface area (Å²) in [6.07, 6.45) is 0. The number of thioether (sulfide) groups is 1. The van der Waals surface area contributed by atoms with Crippen molar-refractivity contribution in [2.45, 2.75) is 30.5 Å². The van der Waals surface area contributed by atoms with Gasteiger partial charge in [-0.25, -0.2) is 4.63 Å². The summed E-state index contributed by atoms with van der Waals surface area (Å²) in [5.41, 5.74) is 4.31. The van der Waals surface area contributed by atoms with Gasteiger partial charge in [-0.1, -0.05) is 57.7 Å². The number of hydrogen-bond acceptors (Lipinski definition) is 9. The molecule has 0 aliphatic heterocycles. The van der Waals surface area contributed by atoms with Crippen LogP contribution in [0.3, 0.4) is 0 Å². The molecule has 2 heterocycles. The summed E-state index contributed by atoms with van der Waals surface area (Å²) in [5.74, 6) is 1.17. The van der Waals surface area contributed by atoms with Crippen LogP contribution in [0.5, 0.6) is 5.75 Å². The molecule has 0 radical (unpaired) electrons. The third-order valence-electron chi connectivity index (χ3n) is 4.48. The summed E-state index contributed by atoms with van der Waals surface area (Å²) in [7, 11) is 0. The fraction of sp³-hybridized carbons (Fsp3) is 0.190. The van der Waals surface area contributed by atoms with Crippen LogP contribution in [0.1, 0.15) is 32.9 Å². The van der Waals surface area contributed by atoms with Gasteiger partial charge in [0.15, 0.2) is 4.34 Å². The van der Waals surface area contributed by atoms with Gasteiger partial charge in [-0.2, -0.15) is 0 Å². The molecule has 0 saturated heterocycles. The predicted octanol–water partition coefficient (Wildman–Crippen LogP) is 4.66. The van der Waals surface area contributed by atoms with E-state index in [1.807, 2.05) is 12.1 Å². The highest BCUT2D eigenvalue weighted by Gasteiger charge is 2.12. The van der Waals surface area contributed by atoms with E-state index in [0.29, 0.717) is 27.8 Å². The van der Waals surface area contributed by atoms with E-state index in [-0.39, 0.29) is 12.5 Å². The summed E-state index contributed by atoms with van der Waals surface area (Å²) in [6.45, 7) is 4.13. The minimum absolute atomic E-state index is 0.245. The third kappa shape index (κ3) is 5.47. The molecule has 4 rings (SSSR count). The number of anilines is 1. The van der Waals surface area contributed by atoms with Gasteiger partial charge < -0.3 is 4.74 Å². The highest BCUT2D eigenvalue weighted by molar-refractivity contribution is 8.00. The lowest BCUT2D eigenvalue weighted by molar-refractivity contribution is 0.102. The van der Waals surface area contributed by atoms with Gasteiger partial charge >= 0.3 is 0 Å². The number of benzene rings is 2. The Hall–Kier alpha value is -3.24. The van der Waals surface area contributed by atoms with E-state index in [0.717, 1.165) is 10.1 Å². The smallest absolute Gasteiger partial charge is 0.257 e. The summed E-state index contributed by atoms with van der Waals surface area (Å²) in [4.78, 5) is 12.5. The Kier molecular flexibility index (Phi) is 6.58. The van der Waals surface area contributed by atoms with Gasteiger partial charge in [0, 0.05) is 11.3 Å².